The molecule has 0 aromatic carbocycles. The van der Waals surface area contributed by atoms with Crippen molar-refractivity contribution in [3.8, 4) is 12.1 Å². The molecule has 1 N–H and O–H groups in total. The molecule has 1 fully saturated rings. The van der Waals surface area contributed by atoms with Gasteiger partial charge in [0.15, 0.2) is 0 Å². The Morgan fingerprint density at radius 2 is 1.95 bits per heavy atom. The number of nitriles is 2. The summed E-state index contributed by atoms with van der Waals surface area (Å²) in [5.74, 6) is 0.116. The number of hydrogen-bond donors (Lipinski definition) is 1. The molecule has 1 aliphatic rings. The molecule has 1 aliphatic heterocycles. The summed E-state index contributed by atoms with van der Waals surface area (Å²) in [7, 11) is 0. The third-order valence-electron chi connectivity index (χ3n) is 3.70. The molecule has 0 aromatic heterocycles. The van der Waals surface area contributed by atoms with E-state index >= 15 is 0 Å². The molecule has 19 heavy (non-hydrogen) atoms. The molecule has 1 heterocycles. The number of nitrogens with zero attached hydrogens (tertiary/aromatic N) is 3. The third-order valence-corrected chi connectivity index (χ3v) is 3.70. The molecule has 0 radical (unpaired) electrons. The fraction of sp³-hybridized carbons (Fsp3) is 0.786. The molecule has 5 heteroatoms. The minimum atomic E-state index is -0.320. The van der Waals surface area contributed by atoms with Crippen molar-refractivity contribution in [2.45, 2.75) is 39.0 Å². The van der Waals surface area contributed by atoms with Crippen LogP contribution in [0.5, 0.6) is 0 Å². The molecule has 5 nitrogen and oxygen atoms in total. The van der Waals surface area contributed by atoms with Crippen LogP contribution >= 0.6 is 0 Å². The van der Waals surface area contributed by atoms with Crippen LogP contribution in [0.4, 0.5) is 0 Å². The van der Waals surface area contributed by atoms with Gasteiger partial charge in [-0.3, -0.25) is 4.79 Å². The van der Waals surface area contributed by atoms with E-state index < -0.39 is 0 Å². The standard InChI is InChI=1S/C14H22N4O/c1-2-5-14(6-9-17-12-14)13(19)18(10-3-7-15)11-4-8-16/h17H,2-6,9-12H2,1H3. The predicted octanol–water partition coefficient (Wildman–Crippen LogP) is 1.42. The van der Waals surface area contributed by atoms with Crippen molar-refractivity contribution < 1.29 is 4.79 Å². The van der Waals surface area contributed by atoms with E-state index in [1.54, 1.807) is 4.90 Å². The third kappa shape index (κ3) is 3.94. The first-order chi connectivity index (χ1) is 9.20. The molecular weight excluding hydrogens is 240 g/mol. The largest absolute Gasteiger partial charge is 0.340 e. The van der Waals surface area contributed by atoms with Crippen molar-refractivity contribution in [1.82, 2.24) is 10.2 Å². The average molecular weight is 262 g/mol. The maximum atomic E-state index is 12.7. The fourth-order valence-corrected chi connectivity index (χ4v) is 2.75. The van der Waals surface area contributed by atoms with Crippen LogP contribution in [-0.2, 0) is 4.79 Å². The second kappa shape index (κ2) is 7.76. The number of nitrogens with one attached hydrogen (secondary N) is 1. The molecule has 0 aromatic rings. The summed E-state index contributed by atoms with van der Waals surface area (Å²) in [6.45, 7) is 4.54. The molecule has 1 unspecified atom stereocenters. The zero-order valence-electron chi connectivity index (χ0n) is 11.6. The minimum absolute atomic E-state index is 0.116. The van der Waals surface area contributed by atoms with Crippen LogP contribution < -0.4 is 5.32 Å². The van der Waals surface area contributed by atoms with Crippen molar-refractivity contribution in [2.75, 3.05) is 26.2 Å². The van der Waals surface area contributed by atoms with Gasteiger partial charge in [-0.25, -0.2) is 0 Å². The van der Waals surface area contributed by atoms with Crippen LogP contribution in [0, 0.1) is 28.1 Å². The van der Waals surface area contributed by atoms with Crippen molar-refractivity contribution in [3.05, 3.63) is 0 Å². The van der Waals surface area contributed by atoms with Crippen molar-refractivity contribution >= 4 is 5.91 Å². The van der Waals surface area contributed by atoms with E-state index in [2.05, 4.69) is 24.4 Å². The highest BCUT2D eigenvalue weighted by molar-refractivity contribution is 5.83. The monoisotopic (exact) mass is 262 g/mol. The van der Waals surface area contributed by atoms with Gasteiger partial charge in [0, 0.05) is 19.6 Å². The number of carbonyl (C=O) groups is 1. The zero-order valence-corrected chi connectivity index (χ0v) is 11.6. The molecular formula is C14H22N4O. The Labute approximate surface area is 115 Å². The molecule has 1 amide bonds. The maximum absolute atomic E-state index is 12.7. The number of amides is 1. The van der Waals surface area contributed by atoms with E-state index in [-0.39, 0.29) is 11.3 Å². The summed E-state index contributed by atoms with van der Waals surface area (Å²) < 4.78 is 0. The summed E-state index contributed by atoms with van der Waals surface area (Å²) in [6.07, 6.45) is 3.35. The first-order valence-electron chi connectivity index (χ1n) is 6.94. The Balaban J connectivity index is 2.77. The molecule has 0 spiro atoms. The van der Waals surface area contributed by atoms with Crippen molar-refractivity contribution in [3.63, 3.8) is 0 Å². The topological polar surface area (TPSA) is 79.9 Å². The van der Waals surface area contributed by atoms with Gasteiger partial charge in [0.2, 0.25) is 5.91 Å². The summed E-state index contributed by atoms with van der Waals surface area (Å²) in [4.78, 5) is 14.4. The van der Waals surface area contributed by atoms with Gasteiger partial charge in [-0.2, -0.15) is 10.5 Å². The first kappa shape index (κ1) is 15.5. The van der Waals surface area contributed by atoms with Crippen LogP contribution in [0.15, 0.2) is 0 Å². The van der Waals surface area contributed by atoms with Gasteiger partial charge in [-0.15, -0.1) is 0 Å². The second-order valence-electron chi connectivity index (χ2n) is 5.07. The maximum Gasteiger partial charge on any atom is 0.230 e. The Kier molecular flexibility index (Phi) is 6.32. The highest BCUT2D eigenvalue weighted by Gasteiger charge is 2.42. The molecule has 1 rings (SSSR count). The van der Waals surface area contributed by atoms with Crippen LogP contribution in [0.25, 0.3) is 0 Å². The van der Waals surface area contributed by atoms with Crippen molar-refractivity contribution in [1.29, 1.82) is 10.5 Å². The summed E-state index contributed by atoms with van der Waals surface area (Å²) in [5, 5.41) is 20.6. The zero-order chi connectivity index (χ0) is 14.1. The number of carbonyl (C=O) groups excluding carboxylic acids is 1. The van der Waals surface area contributed by atoms with Crippen LogP contribution in [-0.4, -0.2) is 37.0 Å². The Hall–Kier alpha value is -1.59. The lowest BCUT2D eigenvalue weighted by Gasteiger charge is -2.33. The number of rotatable bonds is 7. The second-order valence-corrected chi connectivity index (χ2v) is 5.07. The van der Waals surface area contributed by atoms with Gasteiger partial charge in [-0.1, -0.05) is 13.3 Å². The highest BCUT2D eigenvalue weighted by Crippen LogP contribution is 2.33. The quantitative estimate of drug-likeness (QED) is 0.752. The number of hydrogen-bond acceptors (Lipinski definition) is 4. The lowest BCUT2D eigenvalue weighted by molar-refractivity contribution is -0.141. The van der Waals surface area contributed by atoms with Crippen LogP contribution in [0.1, 0.15) is 39.0 Å². The molecule has 0 aliphatic carbocycles. The Bertz CT molecular complexity index is 356. The molecule has 104 valence electrons. The highest BCUT2D eigenvalue weighted by atomic mass is 16.2. The van der Waals surface area contributed by atoms with E-state index in [4.69, 9.17) is 10.5 Å². The summed E-state index contributed by atoms with van der Waals surface area (Å²) >= 11 is 0. The molecule has 0 bridgehead atoms. The van der Waals surface area contributed by atoms with E-state index in [0.717, 1.165) is 32.4 Å². The van der Waals surface area contributed by atoms with E-state index in [9.17, 15) is 4.79 Å². The van der Waals surface area contributed by atoms with Gasteiger partial charge in [-0.05, 0) is 19.4 Å². The van der Waals surface area contributed by atoms with E-state index in [1.807, 2.05) is 0 Å². The Morgan fingerprint density at radius 1 is 1.32 bits per heavy atom. The SMILES string of the molecule is CCCC1(C(=O)N(CCC#N)CCC#N)CCNC1. The molecule has 1 atom stereocenters. The minimum Gasteiger partial charge on any atom is -0.340 e. The summed E-state index contributed by atoms with van der Waals surface area (Å²) in [5.41, 5.74) is -0.320. The van der Waals surface area contributed by atoms with Crippen LogP contribution in [0.3, 0.4) is 0 Å². The first-order valence-corrected chi connectivity index (χ1v) is 6.94. The molecule has 1 saturated heterocycles. The lowest BCUT2D eigenvalue weighted by atomic mass is 9.81. The van der Waals surface area contributed by atoms with Crippen LogP contribution in [0.2, 0.25) is 0 Å². The fourth-order valence-electron chi connectivity index (χ4n) is 2.75. The van der Waals surface area contributed by atoms with Gasteiger partial charge in [0.05, 0.1) is 30.4 Å². The summed E-state index contributed by atoms with van der Waals surface area (Å²) in [6, 6.07) is 4.14. The van der Waals surface area contributed by atoms with Gasteiger partial charge in [0.25, 0.3) is 0 Å². The van der Waals surface area contributed by atoms with E-state index in [1.165, 1.54) is 0 Å². The average Bonchev–Trinajstić information content (AvgIpc) is 2.88. The van der Waals surface area contributed by atoms with Gasteiger partial charge >= 0.3 is 0 Å². The van der Waals surface area contributed by atoms with Gasteiger partial charge < -0.3 is 10.2 Å². The predicted molar refractivity (Wildman–Crippen MR) is 71.9 cm³/mol. The van der Waals surface area contributed by atoms with Crippen molar-refractivity contribution in [2.24, 2.45) is 5.41 Å². The molecule has 0 saturated carbocycles. The van der Waals surface area contributed by atoms with E-state index in [0.29, 0.717) is 25.9 Å². The lowest BCUT2D eigenvalue weighted by Crippen LogP contribution is -2.46. The Morgan fingerprint density at radius 3 is 2.37 bits per heavy atom. The normalized spacial score (nSPS) is 21.6. The smallest absolute Gasteiger partial charge is 0.230 e. The van der Waals surface area contributed by atoms with Gasteiger partial charge in [0.1, 0.15) is 0 Å².